The molecule has 0 atom stereocenters. The van der Waals surface area contributed by atoms with Crippen LogP contribution in [0.15, 0.2) is 11.6 Å². The minimum Gasteiger partial charge on any atom is -0.296 e. The molecule has 9 heteroatoms. The maximum atomic E-state index is 11.8. The van der Waals surface area contributed by atoms with Crippen molar-refractivity contribution in [2.75, 3.05) is 5.32 Å². The van der Waals surface area contributed by atoms with Crippen molar-refractivity contribution in [3.05, 3.63) is 33.1 Å². The molecule has 2 rings (SSSR count). The van der Waals surface area contributed by atoms with Crippen LogP contribution in [0.2, 0.25) is 0 Å². The highest BCUT2D eigenvalue weighted by Gasteiger charge is 2.25. The molecule has 94 valence electrons. The second-order valence-corrected chi connectivity index (χ2v) is 4.40. The number of aromatic nitrogens is 3. The summed E-state index contributed by atoms with van der Waals surface area (Å²) in [6.45, 7) is 1.79. The smallest absolute Gasteiger partial charge is 0.296 e. The number of nitrogens with zero attached hydrogens (tertiary/aromatic N) is 4. The van der Waals surface area contributed by atoms with Crippen molar-refractivity contribution in [1.82, 2.24) is 14.8 Å². The Hall–Kier alpha value is -2.29. The number of hydrogen-bond donors (Lipinski definition) is 1. The van der Waals surface area contributed by atoms with E-state index in [9.17, 15) is 14.9 Å². The summed E-state index contributed by atoms with van der Waals surface area (Å²) in [5.41, 5.74) is 0.212. The highest BCUT2D eigenvalue weighted by Crippen LogP contribution is 2.19. The van der Waals surface area contributed by atoms with E-state index in [0.29, 0.717) is 5.13 Å². The van der Waals surface area contributed by atoms with Crippen LogP contribution in [0.5, 0.6) is 0 Å². The van der Waals surface area contributed by atoms with Crippen LogP contribution in [-0.2, 0) is 7.05 Å². The van der Waals surface area contributed by atoms with Crippen LogP contribution in [-0.4, -0.2) is 25.6 Å². The summed E-state index contributed by atoms with van der Waals surface area (Å²) in [6, 6.07) is 0. The zero-order valence-corrected chi connectivity index (χ0v) is 10.4. The van der Waals surface area contributed by atoms with E-state index in [1.807, 2.05) is 0 Å². The molecule has 2 aromatic heterocycles. The molecule has 0 radical (unpaired) electrons. The van der Waals surface area contributed by atoms with Gasteiger partial charge in [0.05, 0.1) is 10.6 Å². The summed E-state index contributed by atoms with van der Waals surface area (Å²) in [5, 5.41) is 19.2. The Morgan fingerprint density at radius 1 is 1.61 bits per heavy atom. The van der Waals surface area contributed by atoms with E-state index in [4.69, 9.17) is 0 Å². The van der Waals surface area contributed by atoms with Gasteiger partial charge in [-0.25, -0.2) is 4.98 Å². The Labute approximate surface area is 105 Å². The molecule has 0 aliphatic heterocycles. The van der Waals surface area contributed by atoms with Crippen molar-refractivity contribution < 1.29 is 9.72 Å². The lowest BCUT2D eigenvalue weighted by atomic mass is 10.3. The van der Waals surface area contributed by atoms with Gasteiger partial charge < -0.3 is 0 Å². The minimum absolute atomic E-state index is 0.227. The highest BCUT2D eigenvalue weighted by atomic mass is 32.1. The van der Waals surface area contributed by atoms with Gasteiger partial charge >= 0.3 is 5.69 Å². The Morgan fingerprint density at radius 3 is 2.89 bits per heavy atom. The number of carbonyl (C=O) groups excluding carboxylic acids is 1. The summed E-state index contributed by atoms with van der Waals surface area (Å²) < 4.78 is 1.22. The quantitative estimate of drug-likeness (QED) is 0.667. The number of nitrogens with one attached hydrogen (secondary N) is 1. The van der Waals surface area contributed by atoms with Gasteiger partial charge in [0.15, 0.2) is 5.13 Å². The number of hydrogen-bond acceptors (Lipinski definition) is 6. The molecule has 0 fully saturated rings. The van der Waals surface area contributed by atoms with E-state index < -0.39 is 10.8 Å². The molecule has 0 aliphatic carbocycles. The number of thiazole rings is 1. The van der Waals surface area contributed by atoms with Crippen LogP contribution in [0.4, 0.5) is 10.8 Å². The fourth-order valence-electron chi connectivity index (χ4n) is 1.34. The van der Waals surface area contributed by atoms with Crippen molar-refractivity contribution in [2.45, 2.75) is 6.92 Å². The number of nitro groups is 1. The topological polar surface area (TPSA) is 103 Å². The molecular formula is C9H9N5O3S. The van der Waals surface area contributed by atoms with Crippen LogP contribution in [0.25, 0.3) is 0 Å². The van der Waals surface area contributed by atoms with Crippen LogP contribution in [0.1, 0.15) is 16.2 Å². The largest absolute Gasteiger partial charge is 0.320 e. The lowest BCUT2D eigenvalue weighted by Gasteiger charge is -1.97. The lowest BCUT2D eigenvalue weighted by Crippen LogP contribution is -2.14. The molecule has 2 heterocycles. The molecular weight excluding hydrogens is 258 g/mol. The molecule has 0 saturated carbocycles. The van der Waals surface area contributed by atoms with Gasteiger partial charge in [0.25, 0.3) is 5.91 Å². The Kier molecular flexibility index (Phi) is 3.06. The molecule has 0 saturated heterocycles. The van der Waals surface area contributed by atoms with Crippen molar-refractivity contribution in [1.29, 1.82) is 0 Å². The Bertz CT molecular complexity index is 618. The molecule has 0 spiro atoms. The number of amides is 1. The monoisotopic (exact) mass is 267 g/mol. The summed E-state index contributed by atoms with van der Waals surface area (Å²) in [4.78, 5) is 26.0. The van der Waals surface area contributed by atoms with Gasteiger partial charge in [-0.1, -0.05) is 0 Å². The molecule has 0 unspecified atom stereocenters. The Balaban J connectivity index is 2.26. The van der Waals surface area contributed by atoms with E-state index in [0.717, 1.165) is 5.69 Å². The second kappa shape index (κ2) is 4.53. The minimum atomic E-state index is -0.644. The molecule has 18 heavy (non-hydrogen) atoms. The van der Waals surface area contributed by atoms with E-state index >= 15 is 0 Å². The highest BCUT2D eigenvalue weighted by molar-refractivity contribution is 7.13. The third-order valence-electron chi connectivity index (χ3n) is 2.06. The summed E-state index contributed by atoms with van der Waals surface area (Å²) in [5.74, 6) is -0.642. The van der Waals surface area contributed by atoms with Crippen LogP contribution in [0.3, 0.4) is 0 Å². The van der Waals surface area contributed by atoms with Gasteiger partial charge in [-0.3, -0.25) is 24.9 Å². The van der Waals surface area contributed by atoms with Crippen LogP contribution < -0.4 is 5.32 Å². The van der Waals surface area contributed by atoms with Crippen molar-refractivity contribution >= 4 is 28.1 Å². The number of carbonyl (C=O) groups is 1. The molecule has 8 nitrogen and oxygen atoms in total. The number of anilines is 1. The standard InChI is InChI=1S/C9H9N5O3S/c1-5-4-18-9(10-5)11-8(15)7-6(14(16)17)3-13(2)12-7/h3-4H,1-2H3,(H,10,11,15). The summed E-state index contributed by atoms with van der Waals surface area (Å²) in [6.07, 6.45) is 1.18. The first-order valence-electron chi connectivity index (χ1n) is 4.89. The van der Waals surface area contributed by atoms with E-state index in [1.54, 1.807) is 12.3 Å². The van der Waals surface area contributed by atoms with Crippen molar-refractivity contribution in [3.8, 4) is 0 Å². The van der Waals surface area contributed by atoms with Gasteiger partial charge in [-0.05, 0) is 6.92 Å². The Morgan fingerprint density at radius 2 is 2.33 bits per heavy atom. The van der Waals surface area contributed by atoms with Gasteiger partial charge in [0, 0.05) is 12.4 Å². The predicted molar refractivity (Wildman–Crippen MR) is 64.7 cm³/mol. The maximum absolute atomic E-state index is 11.8. The zero-order chi connectivity index (χ0) is 13.3. The summed E-state index contributed by atoms with van der Waals surface area (Å²) >= 11 is 1.25. The fourth-order valence-corrected chi connectivity index (χ4v) is 2.02. The molecule has 1 N–H and O–H groups in total. The normalized spacial score (nSPS) is 10.3. The molecule has 2 aromatic rings. The van der Waals surface area contributed by atoms with Crippen LogP contribution in [0, 0.1) is 17.0 Å². The third-order valence-corrected chi connectivity index (χ3v) is 2.94. The average molecular weight is 267 g/mol. The molecule has 0 aliphatic rings. The first kappa shape index (κ1) is 12.2. The van der Waals surface area contributed by atoms with Gasteiger partial charge in [-0.2, -0.15) is 5.10 Å². The molecule has 0 aromatic carbocycles. The average Bonchev–Trinajstić information content (AvgIpc) is 2.85. The van der Waals surface area contributed by atoms with Gasteiger partial charge in [0.1, 0.15) is 6.20 Å². The van der Waals surface area contributed by atoms with E-state index in [-0.39, 0.29) is 11.4 Å². The maximum Gasteiger partial charge on any atom is 0.320 e. The van der Waals surface area contributed by atoms with Crippen molar-refractivity contribution in [2.24, 2.45) is 7.05 Å². The number of rotatable bonds is 3. The number of aryl methyl sites for hydroxylation is 2. The van der Waals surface area contributed by atoms with Crippen LogP contribution >= 0.6 is 11.3 Å². The lowest BCUT2D eigenvalue weighted by molar-refractivity contribution is -0.385. The third kappa shape index (κ3) is 2.35. The zero-order valence-electron chi connectivity index (χ0n) is 9.58. The molecule has 0 bridgehead atoms. The SMILES string of the molecule is Cc1csc(NC(=O)c2nn(C)cc2[N+](=O)[O-])n1. The second-order valence-electron chi connectivity index (χ2n) is 3.54. The first-order chi connectivity index (χ1) is 8.47. The fraction of sp³-hybridized carbons (Fsp3) is 0.222. The first-order valence-corrected chi connectivity index (χ1v) is 5.77. The molecule has 1 amide bonds. The van der Waals surface area contributed by atoms with E-state index in [1.165, 1.54) is 29.3 Å². The van der Waals surface area contributed by atoms with E-state index in [2.05, 4.69) is 15.4 Å². The van der Waals surface area contributed by atoms with Gasteiger partial charge in [0.2, 0.25) is 5.69 Å². The van der Waals surface area contributed by atoms with Crippen molar-refractivity contribution in [3.63, 3.8) is 0 Å². The predicted octanol–water partition coefficient (Wildman–Crippen LogP) is 1.35. The van der Waals surface area contributed by atoms with Gasteiger partial charge in [-0.15, -0.1) is 11.3 Å². The summed E-state index contributed by atoms with van der Waals surface area (Å²) in [7, 11) is 1.51.